The van der Waals surface area contributed by atoms with Crippen LogP contribution in [0.5, 0.6) is 0 Å². The van der Waals surface area contributed by atoms with Crippen molar-refractivity contribution in [1.82, 2.24) is 0 Å². The van der Waals surface area contributed by atoms with E-state index in [2.05, 4.69) is 0 Å². The van der Waals surface area contributed by atoms with Crippen LogP contribution in [-0.2, 0) is 42.8 Å². The highest BCUT2D eigenvalue weighted by Crippen LogP contribution is 2.31. The van der Waals surface area contributed by atoms with Crippen molar-refractivity contribution < 1.29 is 88.8 Å². The Morgan fingerprint density at radius 2 is 1.20 bits per heavy atom. The van der Waals surface area contributed by atoms with Crippen molar-refractivity contribution in [2.24, 2.45) is 0 Å². The van der Waals surface area contributed by atoms with E-state index in [1.165, 1.54) is 0 Å². The number of aliphatic carboxylic acids is 1. The molecule has 328 valence electrons. The number of esters is 2. The molecule has 2 aliphatic rings. The Bertz CT molecular complexity index is 1100. The zero-order valence-corrected chi connectivity index (χ0v) is 32.8. The molecule has 0 aromatic carbocycles. The topological polar surface area (TPSA) is 289 Å². The minimum absolute atomic E-state index is 0.250. The quantitative estimate of drug-likeness (QED) is 0.0369. The highest BCUT2D eigenvalue weighted by atomic mass is 16.8. The number of carbonyl (C=O) groups excluding carboxylic acids is 2. The largest absolute Gasteiger partial charge is 0.479 e. The fraction of sp³-hybridized carbons (Fsp3) is 0.921. The summed E-state index contributed by atoms with van der Waals surface area (Å²) in [5, 5.41) is 92.1. The molecule has 0 aliphatic carbocycles. The van der Waals surface area contributed by atoms with E-state index in [1.54, 1.807) is 0 Å². The molecule has 0 spiro atoms. The van der Waals surface area contributed by atoms with Gasteiger partial charge in [-0.25, -0.2) is 4.79 Å². The number of hydrogen-bond donors (Lipinski definition) is 9. The molecule has 13 atom stereocenters. The Labute approximate surface area is 329 Å². The van der Waals surface area contributed by atoms with E-state index in [0.717, 1.165) is 77.6 Å². The summed E-state index contributed by atoms with van der Waals surface area (Å²) in [6, 6.07) is 0. The highest BCUT2D eigenvalue weighted by molar-refractivity contribution is 5.71. The van der Waals surface area contributed by atoms with Crippen LogP contribution in [-0.4, -0.2) is 163 Å². The molecular weight excluding hydrogens is 744 g/mol. The Morgan fingerprint density at radius 1 is 0.661 bits per heavy atom. The fourth-order valence-corrected chi connectivity index (χ4v) is 6.66. The van der Waals surface area contributed by atoms with Crippen LogP contribution in [0, 0.1) is 0 Å². The van der Waals surface area contributed by atoms with Crippen LogP contribution >= 0.6 is 0 Å². The molecule has 0 aromatic rings. The molecule has 18 heteroatoms. The van der Waals surface area contributed by atoms with Crippen LogP contribution in [0.3, 0.4) is 0 Å². The molecule has 9 N–H and O–H groups in total. The average Bonchev–Trinajstić information content (AvgIpc) is 3.15. The van der Waals surface area contributed by atoms with Gasteiger partial charge in [0.2, 0.25) is 0 Å². The van der Waals surface area contributed by atoms with Crippen molar-refractivity contribution in [2.45, 2.75) is 203 Å². The number of carboxylic acid groups (broad SMARTS) is 1. The molecule has 0 aromatic heterocycles. The third kappa shape index (κ3) is 18.2. The van der Waals surface area contributed by atoms with Gasteiger partial charge in [0, 0.05) is 6.92 Å². The molecule has 2 heterocycles. The first-order valence-electron chi connectivity index (χ1n) is 20.2. The molecule has 0 amide bonds. The van der Waals surface area contributed by atoms with Crippen molar-refractivity contribution in [1.29, 1.82) is 0 Å². The number of hydrogen-bond acceptors (Lipinski definition) is 17. The van der Waals surface area contributed by atoms with E-state index in [1.807, 2.05) is 6.92 Å². The summed E-state index contributed by atoms with van der Waals surface area (Å²) in [6.07, 6.45) is -7.18. The van der Waals surface area contributed by atoms with Gasteiger partial charge in [-0.3, -0.25) is 9.59 Å². The highest BCUT2D eigenvalue weighted by Gasteiger charge is 2.52. The molecule has 18 nitrogen and oxygen atoms in total. The van der Waals surface area contributed by atoms with Gasteiger partial charge in [0.25, 0.3) is 0 Å². The van der Waals surface area contributed by atoms with E-state index >= 15 is 0 Å². The third-order valence-electron chi connectivity index (χ3n) is 10.0. The van der Waals surface area contributed by atoms with Crippen LogP contribution in [0.1, 0.15) is 123 Å². The zero-order chi connectivity index (χ0) is 41.6. The van der Waals surface area contributed by atoms with Gasteiger partial charge in [0.1, 0.15) is 49.3 Å². The molecule has 2 rings (SSSR count). The lowest BCUT2D eigenvalue weighted by Gasteiger charge is -2.46. The molecule has 0 radical (unpaired) electrons. The first kappa shape index (κ1) is 50.1. The summed E-state index contributed by atoms with van der Waals surface area (Å²) in [7, 11) is 0. The summed E-state index contributed by atoms with van der Waals surface area (Å²) in [5.41, 5.74) is 0. The van der Waals surface area contributed by atoms with E-state index in [-0.39, 0.29) is 13.0 Å². The lowest BCUT2D eigenvalue weighted by Crippen LogP contribution is -2.65. The average molecular weight is 813 g/mol. The van der Waals surface area contributed by atoms with Gasteiger partial charge in [-0.1, -0.05) is 90.4 Å². The summed E-state index contributed by atoms with van der Waals surface area (Å²) >= 11 is 0. The van der Waals surface area contributed by atoms with Crippen LogP contribution < -0.4 is 0 Å². The van der Waals surface area contributed by atoms with E-state index < -0.39 is 117 Å². The molecule has 2 saturated heterocycles. The number of carbonyl (C=O) groups is 3. The Balaban J connectivity index is 1.89. The van der Waals surface area contributed by atoms with Crippen molar-refractivity contribution in [3.05, 3.63) is 0 Å². The minimum atomic E-state index is -1.83. The van der Waals surface area contributed by atoms with Gasteiger partial charge in [-0.2, -0.15) is 0 Å². The molecule has 0 unspecified atom stereocenters. The van der Waals surface area contributed by atoms with Gasteiger partial charge < -0.3 is 74.4 Å². The van der Waals surface area contributed by atoms with Crippen molar-refractivity contribution in [3.63, 3.8) is 0 Å². The molecule has 0 saturated carbocycles. The molecule has 2 fully saturated rings. The summed E-state index contributed by atoms with van der Waals surface area (Å²) < 4.78 is 33.5. The second kappa shape index (κ2) is 27.6. The number of unbranched alkanes of at least 4 members (excludes halogenated alkanes) is 11. The SMILES string of the molecule is CCCCC[C@H](O)CC(=O)O[C@H]1[C@H](O[C@H]2[C@H](O)[C@@H](O)[C@H](OC[C@H](O)CCCCCCCCCCCC[C@H](O)C(=O)O)O[C@@H]2COC(C)=O)O[C@H](CO)[C@@H](O)[C@@H]1O. The molecular formula is C38H68O18. The van der Waals surface area contributed by atoms with Crippen molar-refractivity contribution >= 4 is 17.9 Å². The molecule has 56 heavy (non-hydrogen) atoms. The maximum atomic E-state index is 12.8. The van der Waals surface area contributed by atoms with Crippen LogP contribution in [0.4, 0.5) is 0 Å². The van der Waals surface area contributed by atoms with Crippen molar-refractivity contribution in [3.8, 4) is 0 Å². The van der Waals surface area contributed by atoms with E-state index in [4.69, 9.17) is 33.5 Å². The van der Waals surface area contributed by atoms with Gasteiger partial charge in [-0.15, -0.1) is 0 Å². The summed E-state index contributed by atoms with van der Waals surface area (Å²) in [6.45, 7) is 1.60. The second-order valence-electron chi connectivity index (χ2n) is 14.9. The normalized spacial score (nSPS) is 29.7. The first-order chi connectivity index (χ1) is 26.7. The second-order valence-corrected chi connectivity index (χ2v) is 14.9. The van der Waals surface area contributed by atoms with Gasteiger partial charge in [0.05, 0.1) is 31.8 Å². The fourth-order valence-electron chi connectivity index (χ4n) is 6.66. The predicted octanol–water partition coefficient (Wildman–Crippen LogP) is 0.568. The standard InChI is InChI=1S/C38H68O18/c1-3-4-13-16-24(41)19-29(44)55-35-31(46)30(45)27(20-39)53-38(35)56-34-28(22-51-23(2)40)54-37(33(48)32(34)47)52-21-25(42)17-14-11-9-7-5-6-8-10-12-15-18-26(43)36(49)50/h24-28,30-35,37-39,41-43,45-48H,3-22H2,1-2H3,(H,49,50)/t24-,25+,26-,27+,28+,30+,31-,32+,33+,34+,35+,37+,38-/m0/s1. The molecule has 0 bridgehead atoms. The Hall–Kier alpha value is -2.07. The minimum Gasteiger partial charge on any atom is -0.479 e. The number of aliphatic hydroxyl groups is 8. The molecule has 2 aliphatic heterocycles. The maximum Gasteiger partial charge on any atom is 0.332 e. The van der Waals surface area contributed by atoms with Gasteiger partial charge in [-0.05, 0) is 19.3 Å². The smallest absolute Gasteiger partial charge is 0.332 e. The predicted molar refractivity (Wildman–Crippen MR) is 196 cm³/mol. The number of aliphatic hydroxyl groups excluding tert-OH is 8. The van der Waals surface area contributed by atoms with Crippen LogP contribution in [0.25, 0.3) is 0 Å². The van der Waals surface area contributed by atoms with Crippen LogP contribution in [0.2, 0.25) is 0 Å². The number of ether oxygens (including phenoxy) is 6. The van der Waals surface area contributed by atoms with E-state index in [0.29, 0.717) is 25.7 Å². The number of rotatable bonds is 29. The third-order valence-corrected chi connectivity index (χ3v) is 10.0. The zero-order valence-electron chi connectivity index (χ0n) is 32.8. The first-order valence-corrected chi connectivity index (χ1v) is 20.2. The monoisotopic (exact) mass is 812 g/mol. The van der Waals surface area contributed by atoms with Gasteiger partial charge >= 0.3 is 17.9 Å². The lowest BCUT2D eigenvalue weighted by molar-refractivity contribution is -0.361. The summed E-state index contributed by atoms with van der Waals surface area (Å²) in [4.78, 5) is 35.1. The Morgan fingerprint density at radius 3 is 1.77 bits per heavy atom. The van der Waals surface area contributed by atoms with Crippen molar-refractivity contribution in [2.75, 3.05) is 19.8 Å². The van der Waals surface area contributed by atoms with Gasteiger partial charge in [0.15, 0.2) is 24.8 Å². The van der Waals surface area contributed by atoms with E-state index in [9.17, 15) is 55.2 Å². The number of carboxylic acids is 1. The Kier molecular flexibility index (Phi) is 24.7. The lowest BCUT2D eigenvalue weighted by atomic mass is 9.96. The van der Waals surface area contributed by atoms with Crippen LogP contribution in [0.15, 0.2) is 0 Å². The summed E-state index contributed by atoms with van der Waals surface area (Å²) in [5.74, 6) is -2.83. The maximum absolute atomic E-state index is 12.8.